The fourth-order valence-corrected chi connectivity index (χ4v) is 1.81. The lowest BCUT2D eigenvalue weighted by molar-refractivity contribution is 0.0489. The summed E-state index contributed by atoms with van der Waals surface area (Å²) in [7, 11) is 0. The Morgan fingerprint density at radius 2 is 2.17 bits per heavy atom. The van der Waals surface area contributed by atoms with Gasteiger partial charge >= 0.3 is 5.97 Å². The molecule has 0 N–H and O–H groups in total. The minimum absolute atomic E-state index is 0.186. The molecule has 4 nitrogen and oxygen atoms in total. The molecule has 0 aliphatic heterocycles. The lowest BCUT2D eigenvalue weighted by Gasteiger charge is -2.17. The first-order chi connectivity index (χ1) is 8.69. The van der Waals surface area contributed by atoms with Crippen LogP contribution in [0.5, 0.6) is 0 Å². The lowest BCUT2D eigenvalue weighted by Crippen LogP contribution is -2.25. The molecule has 100 valence electrons. The topological polar surface area (TPSA) is 42.4 Å². The maximum absolute atomic E-state index is 11.7. The van der Waals surface area contributed by atoms with Crippen LogP contribution in [0.3, 0.4) is 0 Å². The number of pyridine rings is 1. The van der Waals surface area contributed by atoms with E-state index in [1.54, 1.807) is 18.3 Å². The Morgan fingerprint density at radius 3 is 2.78 bits per heavy atom. The number of ether oxygens (including phenoxy) is 1. The highest BCUT2D eigenvalue weighted by molar-refractivity contribution is 6.32. The zero-order chi connectivity index (χ0) is 13.4. The van der Waals surface area contributed by atoms with E-state index < -0.39 is 5.97 Å². The second kappa shape index (κ2) is 8.06. The van der Waals surface area contributed by atoms with Crippen LogP contribution in [-0.4, -0.2) is 42.1 Å². The van der Waals surface area contributed by atoms with Gasteiger partial charge in [-0.15, -0.1) is 0 Å². The highest BCUT2D eigenvalue weighted by Gasteiger charge is 2.11. The molecule has 5 heteroatoms. The predicted molar refractivity (Wildman–Crippen MR) is 71.9 cm³/mol. The van der Waals surface area contributed by atoms with E-state index >= 15 is 0 Å². The lowest BCUT2D eigenvalue weighted by atomic mass is 10.3. The molecule has 0 saturated heterocycles. The van der Waals surface area contributed by atoms with Crippen LogP contribution in [0.15, 0.2) is 18.3 Å². The number of carbonyl (C=O) groups is 1. The average Bonchev–Trinajstić information content (AvgIpc) is 2.39. The quantitative estimate of drug-likeness (QED) is 0.434. The first-order valence-electron chi connectivity index (χ1n) is 6.19. The molecule has 1 aromatic heterocycles. The summed E-state index contributed by atoms with van der Waals surface area (Å²) in [5, 5.41) is 0.186. The number of aromatic nitrogens is 1. The molecule has 1 heterocycles. The minimum atomic E-state index is -0.410. The predicted octanol–water partition coefficient (Wildman–Crippen LogP) is 2.62. The van der Waals surface area contributed by atoms with E-state index in [0.29, 0.717) is 12.2 Å². The second-order valence-corrected chi connectivity index (χ2v) is 4.22. The van der Waals surface area contributed by atoms with Gasteiger partial charge in [0.05, 0.1) is 12.2 Å². The van der Waals surface area contributed by atoms with Gasteiger partial charge in [0.1, 0.15) is 5.15 Å². The number of nitrogens with zero attached hydrogens (tertiary/aromatic N) is 2. The number of esters is 1. The minimum Gasteiger partial charge on any atom is -0.462 e. The summed E-state index contributed by atoms with van der Waals surface area (Å²) in [6, 6.07) is 3.28. The standard InChI is InChI=1S/C13H19ClN2O2/c1-3-16(4-2)9-6-10-18-13(17)11-7-5-8-15-12(11)14/h5,7-8H,3-4,6,9-10H2,1-2H3. The highest BCUT2D eigenvalue weighted by Crippen LogP contribution is 2.12. The molecule has 0 amide bonds. The zero-order valence-electron chi connectivity index (χ0n) is 10.9. The van der Waals surface area contributed by atoms with Crippen molar-refractivity contribution in [2.75, 3.05) is 26.2 Å². The summed E-state index contributed by atoms with van der Waals surface area (Å²) in [4.78, 5) is 17.8. The molecule has 0 aromatic carbocycles. The van der Waals surface area contributed by atoms with E-state index in [1.807, 2.05) is 0 Å². The third-order valence-corrected chi connectivity index (χ3v) is 3.03. The number of carbonyl (C=O) groups excluding carboxylic acids is 1. The Morgan fingerprint density at radius 1 is 1.44 bits per heavy atom. The molecule has 0 fully saturated rings. The Bertz CT molecular complexity index is 381. The van der Waals surface area contributed by atoms with Crippen LogP contribution in [0, 0.1) is 0 Å². The molecule has 0 atom stereocenters. The van der Waals surface area contributed by atoms with Gasteiger partial charge in [-0.25, -0.2) is 9.78 Å². The molecule has 0 spiro atoms. The number of hydrogen-bond acceptors (Lipinski definition) is 4. The molecule has 0 saturated carbocycles. The van der Waals surface area contributed by atoms with E-state index in [-0.39, 0.29) is 5.15 Å². The first-order valence-corrected chi connectivity index (χ1v) is 6.56. The summed E-state index contributed by atoms with van der Waals surface area (Å²) in [5.41, 5.74) is 0.321. The Kier molecular flexibility index (Phi) is 6.68. The fourth-order valence-electron chi connectivity index (χ4n) is 1.61. The van der Waals surface area contributed by atoms with Gasteiger partial charge in [-0.05, 0) is 31.6 Å². The van der Waals surface area contributed by atoms with Crippen molar-refractivity contribution in [3.8, 4) is 0 Å². The van der Waals surface area contributed by atoms with Crippen LogP contribution >= 0.6 is 11.6 Å². The summed E-state index contributed by atoms with van der Waals surface area (Å²) >= 11 is 5.81. The van der Waals surface area contributed by atoms with E-state index in [2.05, 4.69) is 23.7 Å². The van der Waals surface area contributed by atoms with Crippen molar-refractivity contribution in [2.24, 2.45) is 0 Å². The number of rotatable bonds is 7. The summed E-state index contributed by atoms with van der Waals surface area (Å²) < 4.78 is 5.16. The third kappa shape index (κ3) is 4.63. The molecule has 1 rings (SSSR count). The van der Waals surface area contributed by atoms with Gasteiger partial charge in [0, 0.05) is 12.7 Å². The van der Waals surface area contributed by atoms with Crippen LogP contribution in [0.2, 0.25) is 5.15 Å². The van der Waals surface area contributed by atoms with Gasteiger partial charge in [0.2, 0.25) is 0 Å². The second-order valence-electron chi connectivity index (χ2n) is 3.86. The number of hydrogen-bond donors (Lipinski definition) is 0. The SMILES string of the molecule is CCN(CC)CCCOC(=O)c1cccnc1Cl. The van der Waals surface area contributed by atoms with Crippen molar-refractivity contribution in [3.63, 3.8) is 0 Å². The first kappa shape index (κ1) is 14.9. The molecule has 0 aliphatic carbocycles. The van der Waals surface area contributed by atoms with E-state index in [0.717, 1.165) is 26.1 Å². The van der Waals surface area contributed by atoms with Crippen LogP contribution in [0.25, 0.3) is 0 Å². The van der Waals surface area contributed by atoms with E-state index in [1.165, 1.54) is 0 Å². The molecule has 0 bridgehead atoms. The summed E-state index contributed by atoms with van der Waals surface area (Å²) in [5.74, 6) is -0.410. The monoisotopic (exact) mass is 270 g/mol. The van der Waals surface area contributed by atoms with Gasteiger partial charge < -0.3 is 9.64 Å². The number of halogens is 1. The smallest absolute Gasteiger partial charge is 0.341 e. The van der Waals surface area contributed by atoms with Crippen LogP contribution < -0.4 is 0 Å². The van der Waals surface area contributed by atoms with Gasteiger partial charge in [-0.1, -0.05) is 25.4 Å². The third-order valence-electron chi connectivity index (χ3n) is 2.73. The summed E-state index contributed by atoms with van der Waals surface area (Å²) in [6.07, 6.45) is 2.37. The molecule has 1 aromatic rings. The van der Waals surface area contributed by atoms with E-state index in [9.17, 15) is 4.79 Å². The van der Waals surface area contributed by atoms with Gasteiger partial charge in [-0.2, -0.15) is 0 Å². The van der Waals surface area contributed by atoms with E-state index in [4.69, 9.17) is 16.3 Å². The normalized spacial score (nSPS) is 10.7. The Hall–Kier alpha value is -1.13. The van der Waals surface area contributed by atoms with Crippen LogP contribution in [-0.2, 0) is 4.74 Å². The maximum Gasteiger partial charge on any atom is 0.341 e. The fraction of sp³-hybridized carbons (Fsp3) is 0.538. The van der Waals surface area contributed by atoms with Crippen molar-refractivity contribution in [1.29, 1.82) is 0 Å². The molecule has 0 unspecified atom stereocenters. The molecular weight excluding hydrogens is 252 g/mol. The van der Waals surface area contributed by atoms with Crippen molar-refractivity contribution >= 4 is 17.6 Å². The van der Waals surface area contributed by atoms with Crippen LogP contribution in [0.4, 0.5) is 0 Å². The zero-order valence-corrected chi connectivity index (χ0v) is 11.6. The van der Waals surface area contributed by atoms with Gasteiger partial charge in [-0.3, -0.25) is 0 Å². The Labute approximate surface area is 113 Å². The van der Waals surface area contributed by atoms with Crippen molar-refractivity contribution in [2.45, 2.75) is 20.3 Å². The summed E-state index contributed by atoms with van der Waals surface area (Å²) in [6.45, 7) is 7.59. The largest absolute Gasteiger partial charge is 0.462 e. The highest BCUT2D eigenvalue weighted by atomic mass is 35.5. The molecule has 18 heavy (non-hydrogen) atoms. The maximum atomic E-state index is 11.7. The Balaban J connectivity index is 2.32. The van der Waals surface area contributed by atoms with Crippen molar-refractivity contribution in [3.05, 3.63) is 29.0 Å². The molecule has 0 radical (unpaired) electrons. The van der Waals surface area contributed by atoms with Gasteiger partial charge in [0.25, 0.3) is 0 Å². The van der Waals surface area contributed by atoms with Crippen LogP contribution in [0.1, 0.15) is 30.6 Å². The van der Waals surface area contributed by atoms with Crippen molar-refractivity contribution < 1.29 is 9.53 Å². The average molecular weight is 271 g/mol. The molecule has 0 aliphatic rings. The van der Waals surface area contributed by atoms with Gasteiger partial charge in [0.15, 0.2) is 0 Å². The molecular formula is C13H19ClN2O2. The van der Waals surface area contributed by atoms with Crippen molar-refractivity contribution in [1.82, 2.24) is 9.88 Å².